The molecule has 0 saturated heterocycles. The Morgan fingerprint density at radius 3 is 1.80 bits per heavy atom. The Hall–Kier alpha value is -2.49. The first-order valence-electron chi connectivity index (χ1n) is 8.81. The zero-order chi connectivity index (χ0) is 17.9. The maximum atomic E-state index is 12.1. The molecule has 2 aromatic carbocycles. The molecule has 3 rings (SSSR count). The third-order valence-electron chi connectivity index (χ3n) is 5.30. The lowest BCUT2D eigenvalue weighted by atomic mass is 9.63. The number of aromatic hydroxyl groups is 2. The highest BCUT2D eigenvalue weighted by Crippen LogP contribution is 2.47. The summed E-state index contributed by atoms with van der Waals surface area (Å²) >= 11 is 0. The standard InChI is InChI=1S/C21H24O4/c1-2-25-20(24)15-11-13-21(14-12-15,16-3-7-18(22)8-4-16)17-5-9-19(23)10-6-17/h3-10,15,22-23H,2,11-14H2,1H3. The second-order valence-corrected chi connectivity index (χ2v) is 6.70. The fraction of sp³-hybridized carbons (Fsp3) is 0.381. The van der Waals surface area contributed by atoms with Gasteiger partial charge in [0.15, 0.2) is 0 Å². The zero-order valence-corrected chi connectivity index (χ0v) is 14.4. The molecular weight excluding hydrogens is 316 g/mol. The van der Waals surface area contributed by atoms with E-state index >= 15 is 0 Å². The van der Waals surface area contributed by atoms with Gasteiger partial charge in [0.25, 0.3) is 0 Å². The lowest BCUT2D eigenvalue weighted by Gasteiger charge is -2.40. The number of carbonyl (C=O) groups is 1. The molecule has 1 saturated carbocycles. The number of ether oxygens (including phenoxy) is 1. The summed E-state index contributed by atoms with van der Waals surface area (Å²) in [6.07, 6.45) is 3.18. The van der Waals surface area contributed by atoms with Crippen molar-refractivity contribution in [3.8, 4) is 11.5 Å². The van der Waals surface area contributed by atoms with E-state index in [1.807, 2.05) is 31.2 Å². The quantitative estimate of drug-likeness (QED) is 0.821. The molecule has 0 radical (unpaired) electrons. The van der Waals surface area contributed by atoms with Crippen molar-refractivity contribution >= 4 is 5.97 Å². The van der Waals surface area contributed by atoms with E-state index in [-0.39, 0.29) is 28.8 Å². The molecule has 0 unspecified atom stereocenters. The minimum absolute atomic E-state index is 0.0534. The van der Waals surface area contributed by atoms with Crippen molar-refractivity contribution in [3.05, 3.63) is 59.7 Å². The molecule has 0 aromatic heterocycles. The van der Waals surface area contributed by atoms with E-state index in [0.29, 0.717) is 6.61 Å². The minimum Gasteiger partial charge on any atom is -0.508 e. The third kappa shape index (κ3) is 3.48. The number of phenols is 2. The molecule has 0 spiro atoms. The highest BCUT2D eigenvalue weighted by Gasteiger charge is 2.40. The van der Waals surface area contributed by atoms with E-state index in [4.69, 9.17) is 4.74 Å². The topological polar surface area (TPSA) is 66.8 Å². The van der Waals surface area contributed by atoms with Crippen LogP contribution in [0.2, 0.25) is 0 Å². The van der Waals surface area contributed by atoms with Crippen LogP contribution < -0.4 is 0 Å². The van der Waals surface area contributed by atoms with Crippen LogP contribution >= 0.6 is 0 Å². The molecule has 0 amide bonds. The smallest absolute Gasteiger partial charge is 0.308 e. The molecule has 0 atom stereocenters. The summed E-state index contributed by atoms with van der Waals surface area (Å²) in [6.45, 7) is 2.24. The van der Waals surface area contributed by atoms with Gasteiger partial charge in [-0.15, -0.1) is 0 Å². The second kappa shape index (κ2) is 7.18. The number of rotatable bonds is 4. The fourth-order valence-corrected chi connectivity index (χ4v) is 3.91. The molecule has 0 aliphatic heterocycles. The maximum absolute atomic E-state index is 12.1. The summed E-state index contributed by atoms with van der Waals surface area (Å²) in [5.74, 6) is 0.324. The number of hydrogen-bond acceptors (Lipinski definition) is 4. The van der Waals surface area contributed by atoms with Crippen molar-refractivity contribution in [2.24, 2.45) is 5.92 Å². The van der Waals surface area contributed by atoms with E-state index in [1.54, 1.807) is 24.3 Å². The minimum atomic E-state index is -0.218. The number of esters is 1. The highest BCUT2D eigenvalue weighted by molar-refractivity contribution is 5.72. The van der Waals surface area contributed by atoms with Gasteiger partial charge < -0.3 is 14.9 Å². The van der Waals surface area contributed by atoms with Gasteiger partial charge in [-0.1, -0.05) is 24.3 Å². The molecular formula is C21H24O4. The number of benzene rings is 2. The van der Waals surface area contributed by atoms with E-state index in [2.05, 4.69) is 0 Å². The van der Waals surface area contributed by atoms with Crippen molar-refractivity contribution < 1.29 is 19.7 Å². The summed E-state index contributed by atoms with van der Waals surface area (Å²) in [4.78, 5) is 12.1. The average Bonchev–Trinajstić information content (AvgIpc) is 2.63. The normalized spacial score (nSPS) is 17.2. The lowest BCUT2D eigenvalue weighted by Crippen LogP contribution is -2.35. The summed E-state index contributed by atoms with van der Waals surface area (Å²) < 4.78 is 5.19. The van der Waals surface area contributed by atoms with Crippen LogP contribution in [0, 0.1) is 5.92 Å². The van der Waals surface area contributed by atoms with Gasteiger partial charge in [0, 0.05) is 5.41 Å². The molecule has 132 valence electrons. The van der Waals surface area contributed by atoms with Crippen molar-refractivity contribution in [2.45, 2.75) is 38.0 Å². The van der Waals surface area contributed by atoms with Crippen molar-refractivity contribution in [2.75, 3.05) is 6.61 Å². The monoisotopic (exact) mass is 340 g/mol. The largest absolute Gasteiger partial charge is 0.508 e. The van der Waals surface area contributed by atoms with Crippen molar-refractivity contribution in [3.63, 3.8) is 0 Å². The van der Waals surface area contributed by atoms with E-state index in [0.717, 1.165) is 36.8 Å². The second-order valence-electron chi connectivity index (χ2n) is 6.70. The molecule has 2 aromatic rings. The van der Waals surface area contributed by atoms with Crippen LogP contribution in [0.3, 0.4) is 0 Å². The number of phenolic OH excluding ortho intramolecular Hbond substituents is 2. The van der Waals surface area contributed by atoms with Gasteiger partial charge in [0.1, 0.15) is 11.5 Å². The molecule has 0 heterocycles. The van der Waals surface area contributed by atoms with Crippen molar-refractivity contribution in [1.82, 2.24) is 0 Å². The number of hydrogen-bond donors (Lipinski definition) is 2. The number of carbonyl (C=O) groups excluding carboxylic acids is 1. The molecule has 25 heavy (non-hydrogen) atoms. The maximum Gasteiger partial charge on any atom is 0.308 e. The SMILES string of the molecule is CCOC(=O)C1CCC(c2ccc(O)cc2)(c2ccc(O)cc2)CC1. The average molecular weight is 340 g/mol. The van der Waals surface area contributed by atoms with Gasteiger partial charge in [-0.05, 0) is 68.0 Å². The van der Waals surface area contributed by atoms with Gasteiger partial charge in [0.05, 0.1) is 12.5 Å². The molecule has 2 N–H and O–H groups in total. The Bertz CT molecular complexity index is 663. The van der Waals surface area contributed by atoms with Gasteiger partial charge in [-0.25, -0.2) is 0 Å². The Balaban J connectivity index is 1.93. The predicted molar refractivity (Wildman–Crippen MR) is 95.6 cm³/mol. The van der Waals surface area contributed by atoms with Gasteiger partial charge in [-0.3, -0.25) is 4.79 Å². The molecule has 4 nitrogen and oxygen atoms in total. The lowest BCUT2D eigenvalue weighted by molar-refractivity contribution is -0.149. The van der Waals surface area contributed by atoms with Crippen LogP contribution in [0.25, 0.3) is 0 Å². The summed E-state index contributed by atoms with van der Waals surface area (Å²) in [6, 6.07) is 14.6. The molecule has 0 bridgehead atoms. The van der Waals surface area contributed by atoms with Crippen LogP contribution in [0.4, 0.5) is 0 Å². The third-order valence-corrected chi connectivity index (χ3v) is 5.30. The van der Waals surface area contributed by atoms with E-state index < -0.39 is 0 Å². The fourth-order valence-electron chi connectivity index (χ4n) is 3.91. The van der Waals surface area contributed by atoms with E-state index in [1.165, 1.54) is 0 Å². The first-order valence-corrected chi connectivity index (χ1v) is 8.81. The summed E-state index contributed by atoms with van der Waals surface area (Å²) in [5.41, 5.74) is 2.03. The molecule has 1 aliphatic rings. The first-order chi connectivity index (χ1) is 12.0. The molecule has 1 fully saturated rings. The summed E-state index contributed by atoms with van der Waals surface area (Å²) in [5, 5.41) is 19.3. The highest BCUT2D eigenvalue weighted by atomic mass is 16.5. The van der Waals surface area contributed by atoms with Crippen molar-refractivity contribution in [1.29, 1.82) is 0 Å². The van der Waals surface area contributed by atoms with Crippen LogP contribution in [0.5, 0.6) is 11.5 Å². The Kier molecular flexibility index (Phi) is 4.98. The van der Waals surface area contributed by atoms with E-state index in [9.17, 15) is 15.0 Å². The van der Waals surface area contributed by atoms with Crippen LogP contribution in [-0.4, -0.2) is 22.8 Å². The molecule has 1 aliphatic carbocycles. The Morgan fingerprint density at radius 2 is 1.40 bits per heavy atom. The van der Waals surface area contributed by atoms with Gasteiger partial charge in [-0.2, -0.15) is 0 Å². The zero-order valence-electron chi connectivity index (χ0n) is 14.4. The Labute approximate surface area is 148 Å². The first kappa shape index (κ1) is 17.3. The summed E-state index contributed by atoms with van der Waals surface area (Å²) in [7, 11) is 0. The molecule has 4 heteroatoms. The van der Waals surface area contributed by atoms with Crippen LogP contribution in [0.1, 0.15) is 43.7 Å². The Morgan fingerprint density at radius 1 is 0.960 bits per heavy atom. The van der Waals surface area contributed by atoms with Gasteiger partial charge >= 0.3 is 5.97 Å². The van der Waals surface area contributed by atoms with Crippen LogP contribution in [-0.2, 0) is 14.9 Å². The van der Waals surface area contributed by atoms with Gasteiger partial charge in [0.2, 0.25) is 0 Å². The van der Waals surface area contributed by atoms with Crippen LogP contribution in [0.15, 0.2) is 48.5 Å². The predicted octanol–water partition coefficient (Wildman–Crippen LogP) is 4.14.